The van der Waals surface area contributed by atoms with Crippen molar-refractivity contribution in [2.45, 2.75) is 63.1 Å². The number of methoxy groups -OCH3 is 1. The van der Waals surface area contributed by atoms with Gasteiger partial charge in [-0.2, -0.15) is 0 Å². The Kier molecular flexibility index (Phi) is 10.6. The molecule has 1 fully saturated rings. The van der Waals surface area contributed by atoms with Crippen molar-refractivity contribution in [3.05, 3.63) is 87.4 Å². The normalized spacial score (nSPS) is 14.3. The van der Waals surface area contributed by atoms with Crippen LogP contribution in [0.5, 0.6) is 5.75 Å². The largest absolute Gasteiger partial charge is 0.495 e. The zero-order chi connectivity index (χ0) is 30.4. The standard InChI is InChI=1S/C31H35BrClN3O5S/c1-21-11-14-27(15-12-21)42(39,40)36(28-18-25(33)13-16-29(28)41-3)20-30(37)35(19-23-7-6-8-24(32)17-23)22(2)31(38)34-26-9-4-5-10-26/h6-8,11-18,22,26H,4-5,9-10,19-20H2,1-3H3,(H,34,38)/t22-/m0/s1. The van der Waals surface area contributed by atoms with Crippen molar-refractivity contribution in [3.8, 4) is 5.75 Å². The van der Waals surface area contributed by atoms with Crippen LogP contribution in [0.25, 0.3) is 0 Å². The quantitative estimate of drug-likeness (QED) is 0.265. The van der Waals surface area contributed by atoms with Gasteiger partial charge in [0.2, 0.25) is 11.8 Å². The van der Waals surface area contributed by atoms with Gasteiger partial charge in [0.1, 0.15) is 18.3 Å². The molecule has 3 aromatic carbocycles. The summed E-state index contributed by atoms with van der Waals surface area (Å²) in [5, 5.41) is 3.35. The fraction of sp³-hybridized carbons (Fsp3) is 0.355. The first-order valence-electron chi connectivity index (χ1n) is 13.8. The molecule has 0 aromatic heterocycles. The Morgan fingerprint density at radius 1 is 1.07 bits per heavy atom. The summed E-state index contributed by atoms with van der Waals surface area (Å²) in [5.41, 5.74) is 1.79. The number of carbonyl (C=O) groups is 2. The highest BCUT2D eigenvalue weighted by Gasteiger charge is 2.34. The minimum atomic E-state index is -4.25. The molecule has 0 heterocycles. The van der Waals surface area contributed by atoms with Gasteiger partial charge in [-0.05, 0) is 74.7 Å². The predicted molar refractivity (Wildman–Crippen MR) is 168 cm³/mol. The van der Waals surface area contributed by atoms with E-state index in [1.165, 1.54) is 30.2 Å². The lowest BCUT2D eigenvalue weighted by molar-refractivity contribution is -0.139. The number of amides is 2. The van der Waals surface area contributed by atoms with Crippen LogP contribution in [0.1, 0.15) is 43.7 Å². The smallest absolute Gasteiger partial charge is 0.264 e. The summed E-state index contributed by atoms with van der Waals surface area (Å²) < 4.78 is 35.5. The van der Waals surface area contributed by atoms with Gasteiger partial charge in [0.15, 0.2) is 0 Å². The van der Waals surface area contributed by atoms with Crippen LogP contribution in [0.2, 0.25) is 5.02 Å². The minimum absolute atomic E-state index is 0.00786. The third kappa shape index (κ3) is 7.65. The Hall–Kier alpha value is -3.08. The van der Waals surface area contributed by atoms with Crippen molar-refractivity contribution < 1.29 is 22.7 Å². The monoisotopic (exact) mass is 675 g/mol. The first kappa shape index (κ1) is 31.8. The molecule has 0 radical (unpaired) electrons. The molecular weight excluding hydrogens is 642 g/mol. The van der Waals surface area contributed by atoms with E-state index in [1.54, 1.807) is 31.2 Å². The summed E-state index contributed by atoms with van der Waals surface area (Å²) >= 11 is 9.77. The molecule has 4 rings (SSSR count). The maximum Gasteiger partial charge on any atom is 0.264 e. The lowest BCUT2D eigenvalue weighted by Crippen LogP contribution is -2.52. The molecule has 1 aliphatic carbocycles. The molecule has 0 bridgehead atoms. The summed E-state index contributed by atoms with van der Waals surface area (Å²) in [4.78, 5) is 29.0. The number of hydrogen-bond donors (Lipinski definition) is 1. The number of anilines is 1. The highest BCUT2D eigenvalue weighted by atomic mass is 79.9. The van der Waals surface area contributed by atoms with E-state index in [0.29, 0.717) is 0 Å². The zero-order valence-corrected chi connectivity index (χ0v) is 27.0. The van der Waals surface area contributed by atoms with E-state index in [9.17, 15) is 18.0 Å². The molecule has 2 amide bonds. The first-order chi connectivity index (χ1) is 20.0. The highest BCUT2D eigenvalue weighted by Crippen LogP contribution is 2.35. The molecule has 42 heavy (non-hydrogen) atoms. The first-order valence-corrected chi connectivity index (χ1v) is 16.4. The number of ether oxygens (including phenoxy) is 1. The average Bonchev–Trinajstić information content (AvgIpc) is 3.47. The number of aryl methyl sites for hydroxylation is 1. The minimum Gasteiger partial charge on any atom is -0.495 e. The molecule has 11 heteroatoms. The zero-order valence-electron chi connectivity index (χ0n) is 23.8. The number of rotatable bonds is 11. The van der Waals surface area contributed by atoms with Crippen LogP contribution < -0.4 is 14.4 Å². The second-order valence-corrected chi connectivity index (χ2v) is 13.7. The van der Waals surface area contributed by atoms with E-state index < -0.39 is 28.5 Å². The van der Waals surface area contributed by atoms with Crippen molar-refractivity contribution in [3.63, 3.8) is 0 Å². The van der Waals surface area contributed by atoms with Gasteiger partial charge in [0, 0.05) is 22.1 Å². The van der Waals surface area contributed by atoms with Crippen molar-refractivity contribution in [1.29, 1.82) is 0 Å². The molecule has 0 aliphatic heterocycles. The van der Waals surface area contributed by atoms with E-state index in [4.69, 9.17) is 16.3 Å². The van der Waals surface area contributed by atoms with Gasteiger partial charge in [-0.15, -0.1) is 0 Å². The number of nitrogens with one attached hydrogen (secondary N) is 1. The number of benzene rings is 3. The molecule has 224 valence electrons. The number of nitrogens with zero attached hydrogens (tertiary/aromatic N) is 2. The fourth-order valence-corrected chi connectivity index (χ4v) is 7.04. The van der Waals surface area contributed by atoms with Crippen molar-refractivity contribution in [1.82, 2.24) is 10.2 Å². The predicted octanol–water partition coefficient (Wildman–Crippen LogP) is 6.09. The van der Waals surface area contributed by atoms with Crippen molar-refractivity contribution in [2.24, 2.45) is 0 Å². The number of hydrogen-bond acceptors (Lipinski definition) is 5. The lowest BCUT2D eigenvalue weighted by atomic mass is 10.1. The van der Waals surface area contributed by atoms with E-state index >= 15 is 0 Å². The summed E-state index contributed by atoms with van der Waals surface area (Å²) in [7, 11) is -2.84. The maximum atomic E-state index is 14.2. The third-order valence-corrected chi connectivity index (χ3v) is 9.91. The summed E-state index contributed by atoms with van der Waals surface area (Å²) in [5.74, 6) is -0.603. The van der Waals surface area contributed by atoms with Gasteiger partial charge < -0.3 is 15.0 Å². The Labute approximate surface area is 261 Å². The van der Waals surface area contributed by atoms with Gasteiger partial charge >= 0.3 is 0 Å². The summed E-state index contributed by atoms with van der Waals surface area (Å²) in [6.07, 6.45) is 3.89. The average molecular weight is 677 g/mol. The van der Waals surface area contributed by atoms with Crippen LogP contribution in [-0.2, 0) is 26.2 Å². The van der Waals surface area contributed by atoms with E-state index in [1.807, 2.05) is 31.2 Å². The molecule has 1 saturated carbocycles. The molecule has 1 aliphatic rings. The van der Waals surface area contributed by atoms with Crippen LogP contribution in [0.15, 0.2) is 76.1 Å². The topological polar surface area (TPSA) is 96.0 Å². The van der Waals surface area contributed by atoms with Gasteiger partial charge in [0.05, 0.1) is 17.7 Å². The summed E-state index contributed by atoms with van der Waals surface area (Å²) in [6, 6.07) is 17.6. The Morgan fingerprint density at radius 2 is 1.76 bits per heavy atom. The second-order valence-electron chi connectivity index (χ2n) is 10.5. The van der Waals surface area contributed by atoms with E-state index in [0.717, 1.165) is 45.6 Å². The van der Waals surface area contributed by atoms with Crippen LogP contribution >= 0.6 is 27.5 Å². The molecule has 0 saturated heterocycles. The second kappa shape index (κ2) is 13.9. The molecule has 1 atom stereocenters. The van der Waals surface area contributed by atoms with Crippen molar-refractivity contribution >= 4 is 55.1 Å². The lowest BCUT2D eigenvalue weighted by Gasteiger charge is -2.33. The van der Waals surface area contributed by atoms with Crippen LogP contribution in [0, 0.1) is 6.92 Å². The van der Waals surface area contributed by atoms with Gasteiger partial charge in [0.25, 0.3) is 10.0 Å². The van der Waals surface area contributed by atoms with Gasteiger partial charge in [-0.25, -0.2) is 8.42 Å². The Bertz CT molecular complexity index is 1530. The number of sulfonamides is 1. The molecule has 3 aromatic rings. The molecular formula is C31H35BrClN3O5S. The summed E-state index contributed by atoms with van der Waals surface area (Å²) in [6.45, 7) is 3.04. The number of carbonyl (C=O) groups excluding carboxylic acids is 2. The van der Waals surface area contributed by atoms with Crippen molar-refractivity contribution in [2.75, 3.05) is 18.0 Å². The fourth-order valence-electron chi connectivity index (χ4n) is 5.02. The molecule has 0 unspecified atom stereocenters. The van der Waals surface area contributed by atoms with E-state index in [2.05, 4.69) is 21.2 Å². The number of halogens is 2. The SMILES string of the molecule is COc1ccc(Cl)cc1N(CC(=O)N(Cc1cccc(Br)c1)[C@@H](C)C(=O)NC1CCCC1)S(=O)(=O)c1ccc(C)cc1. The molecule has 8 nitrogen and oxygen atoms in total. The Morgan fingerprint density at radius 3 is 2.40 bits per heavy atom. The van der Waals surface area contributed by atoms with Gasteiger partial charge in [-0.1, -0.05) is 70.2 Å². The third-order valence-electron chi connectivity index (χ3n) is 7.41. The highest BCUT2D eigenvalue weighted by molar-refractivity contribution is 9.10. The molecule has 1 N–H and O–H groups in total. The van der Waals surface area contributed by atoms with Crippen LogP contribution in [0.3, 0.4) is 0 Å². The van der Waals surface area contributed by atoms with Gasteiger partial charge in [-0.3, -0.25) is 13.9 Å². The van der Waals surface area contributed by atoms with Crippen LogP contribution in [-0.4, -0.2) is 50.9 Å². The van der Waals surface area contributed by atoms with E-state index in [-0.39, 0.29) is 39.8 Å². The maximum absolute atomic E-state index is 14.2. The Balaban J connectivity index is 1.74. The van der Waals surface area contributed by atoms with Crippen LogP contribution in [0.4, 0.5) is 5.69 Å². The molecule has 0 spiro atoms.